The molecular weight excluding hydrogens is 368 g/mol. The number of nitrogens with two attached hydrogens (primary N) is 1. The maximum Gasteiger partial charge on any atom is 0.217 e. The van der Waals surface area contributed by atoms with Gasteiger partial charge in [-0.25, -0.2) is 0 Å². The Hall–Kier alpha value is -2.57. The molecule has 29 heavy (non-hydrogen) atoms. The van der Waals surface area contributed by atoms with Crippen LogP contribution in [0.5, 0.6) is 11.5 Å². The molecule has 0 saturated carbocycles. The number of aliphatic hydroxyl groups is 1. The fourth-order valence-corrected chi connectivity index (χ4v) is 3.18. The van der Waals surface area contributed by atoms with Crippen LogP contribution in [-0.2, 0) is 11.3 Å². The summed E-state index contributed by atoms with van der Waals surface area (Å²) in [5, 5.41) is 15.5. The monoisotopic (exact) mass is 401 g/mol. The van der Waals surface area contributed by atoms with Gasteiger partial charge in [0, 0.05) is 12.5 Å². The van der Waals surface area contributed by atoms with Gasteiger partial charge in [-0.3, -0.25) is 4.79 Å². The van der Waals surface area contributed by atoms with E-state index in [1.807, 2.05) is 38.1 Å². The standard InChI is InChI=1S/C23H32N2O4/c1-15-10-17(3)20(11-16(15)2)21(27)14-29-22-7-6-19(12-23(22)28-5)13-24-8-9-25-18(4)26/h6-7,10-12,21,24,27H,8-9,13-14H2,1-5H3,(H,25,26)/p+1/t21-/m0/s1. The Balaban J connectivity index is 1.95. The second kappa shape index (κ2) is 10.8. The van der Waals surface area contributed by atoms with Crippen LogP contribution >= 0.6 is 0 Å². The molecule has 0 aliphatic heterocycles. The molecular formula is C23H33N2O4+. The maximum absolute atomic E-state index is 10.9. The Bertz CT molecular complexity index is 836. The van der Waals surface area contributed by atoms with E-state index in [-0.39, 0.29) is 12.5 Å². The van der Waals surface area contributed by atoms with Crippen LogP contribution in [0, 0.1) is 20.8 Å². The topological polar surface area (TPSA) is 84.4 Å². The van der Waals surface area contributed by atoms with Gasteiger partial charge in [-0.05, 0) is 61.2 Å². The summed E-state index contributed by atoms with van der Waals surface area (Å²) < 4.78 is 11.3. The van der Waals surface area contributed by atoms with Crippen molar-refractivity contribution < 1.29 is 24.7 Å². The molecule has 0 saturated heterocycles. The molecule has 0 unspecified atom stereocenters. The average molecular weight is 402 g/mol. The smallest absolute Gasteiger partial charge is 0.217 e. The SMILES string of the molecule is COc1cc(C[NH2+]CCNC(C)=O)ccc1OC[C@H](O)c1cc(C)c(C)cc1C. The normalized spacial score (nSPS) is 11.8. The Morgan fingerprint density at radius 3 is 2.52 bits per heavy atom. The molecule has 6 nitrogen and oxygen atoms in total. The number of nitrogens with one attached hydrogen (secondary N) is 1. The minimum atomic E-state index is -0.708. The van der Waals surface area contributed by atoms with Crippen molar-refractivity contribution >= 4 is 5.91 Å². The van der Waals surface area contributed by atoms with Crippen molar-refractivity contribution in [3.05, 3.63) is 58.1 Å². The molecule has 6 heteroatoms. The highest BCUT2D eigenvalue weighted by Gasteiger charge is 2.15. The highest BCUT2D eigenvalue weighted by molar-refractivity contribution is 5.72. The second-order valence-corrected chi connectivity index (χ2v) is 7.37. The van der Waals surface area contributed by atoms with E-state index in [2.05, 4.69) is 23.6 Å². The van der Waals surface area contributed by atoms with Crippen molar-refractivity contribution in [2.24, 2.45) is 0 Å². The molecule has 0 bridgehead atoms. The number of hydrogen-bond donors (Lipinski definition) is 3. The van der Waals surface area contributed by atoms with Gasteiger partial charge in [0.15, 0.2) is 11.5 Å². The molecule has 0 aromatic heterocycles. The Morgan fingerprint density at radius 2 is 1.83 bits per heavy atom. The first-order chi connectivity index (χ1) is 13.8. The van der Waals surface area contributed by atoms with Crippen molar-refractivity contribution in [2.45, 2.75) is 40.3 Å². The fourth-order valence-electron chi connectivity index (χ4n) is 3.18. The molecule has 0 aliphatic carbocycles. The molecule has 158 valence electrons. The summed E-state index contributed by atoms with van der Waals surface area (Å²) >= 11 is 0. The molecule has 0 fully saturated rings. The number of carbonyl (C=O) groups excluding carboxylic acids is 1. The zero-order chi connectivity index (χ0) is 21.4. The first-order valence-corrected chi connectivity index (χ1v) is 9.93. The largest absolute Gasteiger partial charge is 0.493 e. The van der Waals surface area contributed by atoms with Gasteiger partial charge >= 0.3 is 0 Å². The summed E-state index contributed by atoms with van der Waals surface area (Å²) in [4.78, 5) is 10.9. The predicted octanol–water partition coefficient (Wildman–Crippen LogP) is 1.93. The van der Waals surface area contributed by atoms with Gasteiger partial charge < -0.3 is 25.2 Å². The fraction of sp³-hybridized carbons (Fsp3) is 0.435. The van der Waals surface area contributed by atoms with Crippen molar-refractivity contribution in [2.75, 3.05) is 26.8 Å². The second-order valence-electron chi connectivity index (χ2n) is 7.37. The molecule has 1 amide bonds. The summed E-state index contributed by atoms with van der Waals surface area (Å²) in [7, 11) is 1.61. The van der Waals surface area contributed by atoms with Crippen molar-refractivity contribution in [1.29, 1.82) is 0 Å². The highest BCUT2D eigenvalue weighted by atomic mass is 16.5. The van der Waals surface area contributed by atoms with Crippen LogP contribution in [0.2, 0.25) is 0 Å². The van der Waals surface area contributed by atoms with Crippen molar-refractivity contribution in [3.8, 4) is 11.5 Å². The first-order valence-electron chi connectivity index (χ1n) is 9.93. The van der Waals surface area contributed by atoms with E-state index in [1.165, 1.54) is 12.5 Å². The third-order valence-corrected chi connectivity index (χ3v) is 4.97. The van der Waals surface area contributed by atoms with E-state index >= 15 is 0 Å². The Kier molecular flexibility index (Phi) is 8.49. The number of aliphatic hydroxyl groups excluding tert-OH is 1. The number of carbonyl (C=O) groups is 1. The van der Waals surface area contributed by atoms with Crippen LogP contribution < -0.4 is 20.1 Å². The number of methoxy groups -OCH3 is 1. The van der Waals surface area contributed by atoms with E-state index in [9.17, 15) is 9.90 Å². The van der Waals surface area contributed by atoms with Gasteiger partial charge in [-0.2, -0.15) is 0 Å². The third kappa shape index (κ3) is 6.76. The number of quaternary nitrogens is 1. The number of amides is 1. The molecule has 0 radical (unpaired) electrons. The zero-order valence-electron chi connectivity index (χ0n) is 18.0. The maximum atomic E-state index is 10.9. The van der Waals surface area contributed by atoms with Gasteiger partial charge in [0.25, 0.3) is 0 Å². The molecule has 1 atom stereocenters. The lowest BCUT2D eigenvalue weighted by molar-refractivity contribution is -0.668. The quantitative estimate of drug-likeness (QED) is 0.531. The molecule has 0 aliphatic rings. The summed E-state index contributed by atoms with van der Waals surface area (Å²) in [5.74, 6) is 1.23. The lowest BCUT2D eigenvalue weighted by Gasteiger charge is -2.18. The zero-order valence-corrected chi connectivity index (χ0v) is 18.0. The molecule has 4 N–H and O–H groups in total. The van der Waals surface area contributed by atoms with Crippen LogP contribution in [0.25, 0.3) is 0 Å². The Labute approximate surface area is 173 Å². The van der Waals surface area contributed by atoms with Gasteiger partial charge in [-0.15, -0.1) is 0 Å². The van der Waals surface area contributed by atoms with Crippen LogP contribution in [0.15, 0.2) is 30.3 Å². The van der Waals surface area contributed by atoms with Crippen LogP contribution in [0.3, 0.4) is 0 Å². The van der Waals surface area contributed by atoms with Gasteiger partial charge in [-0.1, -0.05) is 12.1 Å². The predicted molar refractivity (Wildman–Crippen MR) is 113 cm³/mol. The van der Waals surface area contributed by atoms with Gasteiger partial charge in [0.1, 0.15) is 19.3 Å². The Morgan fingerprint density at radius 1 is 1.10 bits per heavy atom. The first kappa shape index (κ1) is 22.7. The third-order valence-electron chi connectivity index (χ3n) is 4.97. The number of aryl methyl sites for hydroxylation is 3. The lowest BCUT2D eigenvalue weighted by atomic mass is 9.97. The van der Waals surface area contributed by atoms with Gasteiger partial charge in [0.05, 0.1) is 20.2 Å². The van der Waals surface area contributed by atoms with Crippen molar-refractivity contribution in [1.82, 2.24) is 5.32 Å². The van der Waals surface area contributed by atoms with E-state index < -0.39 is 6.10 Å². The molecule has 0 spiro atoms. The highest BCUT2D eigenvalue weighted by Crippen LogP contribution is 2.29. The summed E-state index contributed by atoms with van der Waals surface area (Å²) in [6.07, 6.45) is -0.708. The lowest BCUT2D eigenvalue weighted by Crippen LogP contribution is -2.84. The molecule has 0 heterocycles. The van der Waals surface area contributed by atoms with Crippen molar-refractivity contribution in [3.63, 3.8) is 0 Å². The minimum absolute atomic E-state index is 0.0141. The van der Waals surface area contributed by atoms with E-state index in [0.717, 1.165) is 35.3 Å². The number of benzene rings is 2. The number of ether oxygens (including phenoxy) is 2. The molecule has 2 aromatic carbocycles. The number of hydrogen-bond acceptors (Lipinski definition) is 4. The molecule has 2 rings (SSSR count). The van der Waals surface area contributed by atoms with E-state index in [0.29, 0.717) is 18.0 Å². The molecule has 2 aromatic rings. The van der Waals surface area contributed by atoms with Crippen LogP contribution in [0.4, 0.5) is 0 Å². The van der Waals surface area contributed by atoms with E-state index in [4.69, 9.17) is 9.47 Å². The minimum Gasteiger partial charge on any atom is -0.493 e. The summed E-state index contributed by atoms with van der Waals surface area (Å²) in [6.45, 7) is 10.0. The van der Waals surface area contributed by atoms with Crippen LogP contribution in [-0.4, -0.2) is 37.8 Å². The summed E-state index contributed by atoms with van der Waals surface area (Å²) in [5.41, 5.74) is 5.41. The number of rotatable bonds is 10. The van der Waals surface area contributed by atoms with Crippen LogP contribution in [0.1, 0.15) is 40.8 Å². The average Bonchev–Trinajstić information content (AvgIpc) is 2.68. The van der Waals surface area contributed by atoms with E-state index in [1.54, 1.807) is 7.11 Å². The van der Waals surface area contributed by atoms with Gasteiger partial charge in [0.2, 0.25) is 5.91 Å². The summed E-state index contributed by atoms with van der Waals surface area (Å²) in [6, 6.07) is 9.91.